The molecule has 0 aliphatic heterocycles. The Morgan fingerprint density at radius 2 is 0.789 bits per heavy atom. The molecule has 0 fully saturated rings. The average Bonchev–Trinajstić information content (AvgIpc) is 2.42. The summed E-state index contributed by atoms with van der Waals surface area (Å²) in [6.45, 7) is 1.74. The topological polar surface area (TPSA) is 96.9 Å². The minimum atomic E-state index is -0.0200. The van der Waals surface area contributed by atoms with Gasteiger partial charge < -0.3 is 29.5 Å². The number of rotatable bonds is 9. The summed E-state index contributed by atoms with van der Waals surface area (Å²) >= 11 is 0. The third-order valence-electron chi connectivity index (χ3n) is 1.48. The Kier molecular flexibility index (Phi) is 52.6. The summed E-state index contributed by atoms with van der Waals surface area (Å²) in [7, 11) is 4.78. The second kappa shape index (κ2) is 36.2. The second-order valence-corrected chi connectivity index (χ2v) is 3.15. The standard InChI is InChI=1S/3C4H9O2.Fe/c3*1-6-4-2-3-5;/h3*2-4H2,1H3;/q3*-1;+3. The van der Waals surface area contributed by atoms with Crippen LogP contribution in [-0.4, -0.2) is 61.0 Å². The maximum absolute atomic E-state index is 9.61. The molecule has 119 valence electrons. The summed E-state index contributed by atoms with van der Waals surface area (Å²) in [4.78, 5) is 0. The van der Waals surface area contributed by atoms with Crippen LogP contribution in [0.25, 0.3) is 0 Å². The van der Waals surface area contributed by atoms with Gasteiger partial charge in [-0.25, -0.2) is 0 Å². The predicted molar refractivity (Wildman–Crippen MR) is 64.1 cm³/mol. The van der Waals surface area contributed by atoms with E-state index >= 15 is 0 Å². The van der Waals surface area contributed by atoms with Crippen molar-refractivity contribution in [2.24, 2.45) is 0 Å². The molecule has 6 nitrogen and oxygen atoms in total. The third kappa shape index (κ3) is 56.3. The molecule has 0 saturated carbocycles. The van der Waals surface area contributed by atoms with Gasteiger partial charge in [0, 0.05) is 41.2 Å². The third-order valence-corrected chi connectivity index (χ3v) is 1.48. The van der Waals surface area contributed by atoms with Gasteiger partial charge in [-0.05, 0) is 19.3 Å². The van der Waals surface area contributed by atoms with Gasteiger partial charge in [0.1, 0.15) is 0 Å². The fourth-order valence-electron chi connectivity index (χ4n) is 0.610. The van der Waals surface area contributed by atoms with Crippen LogP contribution in [0.2, 0.25) is 0 Å². The minimum absolute atomic E-state index is 0. The van der Waals surface area contributed by atoms with Gasteiger partial charge in [0.2, 0.25) is 0 Å². The number of ether oxygens (including phenoxy) is 3. The molecule has 0 unspecified atom stereocenters. The predicted octanol–water partition coefficient (Wildman–Crippen LogP) is -1.85. The van der Waals surface area contributed by atoms with Gasteiger partial charge in [-0.15, -0.1) is 19.8 Å². The molecule has 0 saturated heterocycles. The zero-order valence-corrected chi connectivity index (χ0v) is 13.3. The monoisotopic (exact) mass is 323 g/mol. The zero-order chi connectivity index (χ0) is 14.5. The molecule has 0 aromatic heterocycles. The first-order chi connectivity index (χ1) is 8.74. The van der Waals surface area contributed by atoms with Crippen molar-refractivity contribution in [3.63, 3.8) is 0 Å². The van der Waals surface area contributed by atoms with E-state index in [0.717, 1.165) is 0 Å². The van der Waals surface area contributed by atoms with Crippen molar-refractivity contribution in [3.8, 4) is 0 Å². The first kappa shape index (κ1) is 27.6. The Labute approximate surface area is 127 Å². The second-order valence-electron chi connectivity index (χ2n) is 3.15. The summed E-state index contributed by atoms with van der Waals surface area (Å²) in [5, 5.41) is 28.8. The molecule has 7 heteroatoms. The van der Waals surface area contributed by atoms with Crippen LogP contribution in [-0.2, 0) is 31.3 Å². The van der Waals surface area contributed by atoms with Crippen molar-refractivity contribution in [2.45, 2.75) is 19.3 Å². The molecule has 0 atom stereocenters. The van der Waals surface area contributed by atoms with E-state index in [-0.39, 0.29) is 36.9 Å². The molecule has 0 N–H and O–H groups in total. The van der Waals surface area contributed by atoms with Gasteiger partial charge in [0.05, 0.1) is 0 Å². The fraction of sp³-hybridized carbons (Fsp3) is 1.00. The molecule has 0 amide bonds. The molecular weight excluding hydrogens is 296 g/mol. The normalized spacial score (nSPS) is 8.53. The number of hydrogen-bond donors (Lipinski definition) is 0. The maximum atomic E-state index is 9.61. The molecule has 0 aliphatic rings. The van der Waals surface area contributed by atoms with E-state index in [9.17, 15) is 15.3 Å². The van der Waals surface area contributed by atoms with Gasteiger partial charge in [-0.1, -0.05) is 0 Å². The van der Waals surface area contributed by atoms with Gasteiger partial charge in [-0.2, -0.15) is 0 Å². The van der Waals surface area contributed by atoms with Crippen LogP contribution in [0, 0.1) is 0 Å². The van der Waals surface area contributed by atoms with Crippen molar-refractivity contribution in [1.82, 2.24) is 0 Å². The SMILES string of the molecule is COCCC[O-].COCCC[O-].COCCC[O-].[Fe+3]. The fourth-order valence-corrected chi connectivity index (χ4v) is 0.610. The molecule has 0 aromatic rings. The van der Waals surface area contributed by atoms with E-state index in [0.29, 0.717) is 39.1 Å². The summed E-state index contributed by atoms with van der Waals surface area (Å²) in [5.74, 6) is 0. The van der Waals surface area contributed by atoms with E-state index in [1.54, 1.807) is 21.3 Å². The van der Waals surface area contributed by atoms with Crippen molar-refractivity contribution >= 4 is 0 Å². The van der Waals surface area contributed by atoms with Crippen LogP contribution in [0.15, 0.2) is 0 Å². The van der Waals surface area contributed by atoms with Crippen molar-refractivity contribution in [2.75, 3.05) is 61.0 Å². The van der Waals surface area contributed by atoms with E-state index in [1.807, 2.05) is 0 Å². The van der Waals surface area contributed by atoms with Crippen LogP contribution in [0.3, 0.4) is 0 Å². The summed E-state index contributed by atoms with van der Waals surface area (Å²) in [6, 6.07) is 0. The minimum Gasteiger partial charge on any atom is -0.854 e. The van der Waals surface area contributed by atoms with Crippen molar-refractivity contribution < 1.29 is 46.6 Å². The summed E-state index contributed by atoms with van der Waals surface area (Å²) in [6.07, 6.45) is 1.91. The number of methoxy groups -OCH3 is 3. The van der Waals surface area contributed by atoms with Crippen LogP contribution in [0.4, 0.5) is 0 Å². The Morgan fingerprint density at radius 3 is 0.842 bits per heavy atom. The van der Waals surface area contributed by atoms with E-state index in [2.05, 4.69) is 14.2 Å². The molecule has 19 heavy (non-hydrogen) atoms. The van der Waals surface area contributed by atoms with Gasteiger partial charge in [-0.3, -0.25) is 0 Å². The maximum Gasteiger partial charge on any atom is 3.00 e. The van der Waals surface area contributed by atoms with Crippen LogP contribution in [0.1, 0.15) is 19.3 Å². The summed E-state index contributed by atoms with van der Waals surface area (Å²) < 4.78 is 13.7. The Balaban J connectivity index is -0.0000000865. The van der Waals surface area contributed by atoms with Crippen LogP contribution < -0.4 is 15.3 Å². The molecule has 0 rings (SSSR count). The first-order valence-corrected chi connectivity index (χ1v) is 5.96. The van der Waals surface area contributed by atoms with Gasteiger partial charge in [0.25, 0.3) is 0 Å². The van der Waals surface area contributed by atoms with Crippen molar-refractivity contribution in [3.05, 3.63) is 0 Å². The van der Waals surface area contributed by atoms with Gasteiger partial charge in [0.15, 0.2) is 0 Å². The molecule has 0 heterocycles. The smallest absolute Gasteiger partial charge is 0.854 e. The molecular formula is C12H27FeO6. The van der Waals surface area contributed by atoms with E-state index < -0.39 is 0 Å². The average molecular weight is 323 g/mol. The van der Waals surface area contributed by atoms with E-state index in [1.165, 1.54) is 0 Å². The molecule has 0 bridgehead atoms. The van der Waals surface area contributed by atoms with Crippen LogP contribution in [0.5, 0.6) is 0 Å². The van der Waals surface area contributed by atoms with Crippen molar-refractivity contribution in [1.29, 1.82) is 0 Å². The summed E-state index contributed by atoms with van der Waals surface area (Å²) in [5.41, 5.74) is 0. The Hall–Kier alpha value is 0.279. The van der Waals surface area contributed by atoms with E-state index in [4.69, 9.17) is 0 Å². The molecule has 1 radical (unpaired) electrons. The Bertz CT molecular complexity index is 77.2. The Morgan fingerprint density at radius 1 is 0.579 bits per heavy atom. The molecule has 0 aliphatic carbocycles. The first-order valence-electron chi connectivity index (χ1n) is 5.96. The van der Waals surface area contributed by atoms with Crippen LogP contribution >= 0.6 is 0 Å². The van der Waals surface area contributed by atoms with Gasteiger partial charge >= 0.3 is 17.1 Å². The molecule has 0 aromatic carbocycles. The zero-order valence-electron chi connectivity index (χ0n) is 12.2. The largest absolute Gasteiger partial charge is 3.00 e. The number of hydrogen-bond acceptors (Lipinski definition) is 6. The molecule has 0 spiro atoms. The quantitative estimate of drug-likeness (QED) is 0.365.